The molecule has 0 aromatic carbocycles. The molecule has 1 aliphatic rings. The summed E-state index contributed by atoms with van der Waals surface area (Å²) in [6.45, 7) is 0.690. The van der Waals surface area contributed by atoms with Crippen LogP contribution in [0.15, 0.2) is 47.3 Å². The molecule has 1 N–H and O–H groups in total. The van der Waals surface area contributed by atoms with Crippen LogP contribution in [0.2, 0.25) is 0 Å². The van der Waals surface area contributed by atoms with Gasteiger partial charge in [-0.25, -0.2) is 4.98 Å². The van der Waals surface area contributed by atoms with E-state index in [1.165, 1.54) is 6.26 Å². The summed E-state index contributed by atoms with van der Waals surface area (Å²) in [7, 11) is 0. The van der Waals surface area contributed by atoms with Gasteiger partial charge in [0.25, 0.3) is 5.91 Å². The van der Waals surface area contributed by atoms with Crippen LogP contribution in [0.5, 0.6) is 0 Å². The molecule has 7 nitrogen and oxygen atoms in total. The molecule has 1 unspecified atom stereocenters. The molecule has 0 spiro atoms. The van der Waals surface area contributed by atoms with Gasteiger partial charge in [0.15, 0.2) is 11.6 Å². The Balaban J connectivity index is 1.60. The fraction of sp³-hybridized carbons (Fsp3) is 0.250. The van der Waals surface area contributed by atoms with E-state index in [1.54, 1.807) is 29.4 Å². The third-order valence-corrected chi connectivity index (χ3v) is 4.00. The minimum Gasteiger partial charge on any atom is -0.459 e. The van der Waals surface area contributed by atoms with Crippen molar-refractivity contribution >= 4 is 5.91 Å². The molecule has 4 rings (SSSR count). The van der Waals surface area contributed by atoms with Gasteiger partial charge < -0.3 is 9.32 Å². The Labute approximate surface area is 132 Å². The van der Waals surface area contributed by atoms with Gasteiger partial charge in [-0.3, -0.25) is 14.9 Å². The van der Waals surface area contributed by atoms with Gasteiger partial charge in [0.1, 0.15) is 5.82 Å². The molecule has 116 valence electrons. The normalized spacial score (nSPS) is 17.6. The third-order valence-electron chi connectivity index (χ3n) is 4.00. The summed E-state index contributed by atoms with van der Waals surface area (Å²) in [4.78, 5) is 22.9. The molecular weight excluding hydrogens is 294 g/mol. The number of nitrogens with one attached hydrogen (secondary N) is 1. The maximum absolute atomic E-state index is 12.5. The first kappa shape index (κ1) is 13.7. The van der Waals surface area contributed by atoms with E-state index in [2.05, 4.69) is 20.2 Å². The Morgan fingerprint density at radius 1 is 1.30 bits per heavy atom. The van der Waals surface area contributed by atoms with Gasteiger partial charge in [0.05, 0.1) is 12.3 Å². The van der Waals surface area contributed by atoms with Gasteiger partial charge in [0, 0.05) is 24.5 Å². The molecule has 3 aromatic rings. The van der Waals surface area contributed by atoms with E-state index in [4.69, 9.17) is 4.42 Å². The number of carbonyl (C=O) groups is 1. The molecule has 1 aliphatic heterocycles. The van der Waals surface area contributed by atoms with Crippen LogP contribution in [0.1, 0.15) is 35.3 Å². The lowest BCUT2D eigenvalue weighted by Gasteiger charge is -2.21. The average molecular weight is 309 g/mol. The second-order valence-electron chi connectivity index (χ2n) is 5.41. The summed E-state index contributed by atoms with van der Waals surface area (Å²) in [6.07, 6.45) is 6.70. The van der Waals surface area contributed by atoms with Gasteiger partial charge in [-0.1, -0.05) is 0 Å². The summed E-state index contributed by atoms with van der Waals surface area (Å²) in [5, 5.41) is 7.23. The SMILES string of the molecule is O=C(c1ccco1)N1CCCC1c1nc(-c2ccncc2)n[nH]1. The molecule has 3 aromatic heterocycles. The van der Waals surface area contributed by atoms with Gasteiger partial charge in [-0.15, -0.1) is 0 Å². The summed E-state index contributed by atoms with van der Waals surface area (Å²) in [5.41, 5.74) is 0.893. The predicted molar refractivity (Wildman–Crippen MR) is 81.3 cm³/mol. The summed E-state index contributed by atoms with van der Waals surface area (Å²) >= 11 is 0. The first-order chi connectivity index (χ1) is 11.3. The van der Waals surface area contributed by atoms with Gasteiger partial charge in [0.2, 0.25) is 0 Å². The van der Waals surface area contributed by atoms with Crippen LogP contribution in [0.4, 0.5) is 0 Å². The Kier molecular flexibility index (Phi) is 3.38. The number of furan rings is 1. The summed E-state index contributed by atoms with van der Waals surface area (Å²) in [6, 6.07) is 7.01. The number of carbonyl (C=O) groups excluding carboxylic acids is 1. The lowest BCUT2D eigenvalue weighted by atomic mass is 10.2. The molecule has 0 aliphatic carbocycles. The molecule has 1 amide bonds. The van der Waals surface area contributed by atoms with Crippen molar-refractivity contribution in [1.82, 2.24) is 25.1 Å². The third kappa shape index (κ3) is 2.50. The van der Waals surface area contributed by atoms with E-state index < -0.39 is 0 Å². The van der Waals surface area contributed by atoms with Crippen molar-refractivity contribution in [3.8, 4) is 11.4 Å². The maximum atomic E-state index is 12.5. The first-order valence-corrected chi connectivity index (χ1v) is 7.50. The molecule has 0 saturated carbocycles. The van der Waals surface area contributed by atoms with Crippen LogP contribution in [-0.4, -0.2) is 37.5 Å². The highest BCUT2D eigenvalue weighted by atomic mass is 16.3. The largest absolute Gasteiger partial charge is 0.459 e. The van der Waals surface area contributed by atoms with Crippen molar-refractivity contribution < 1.29 is 9.21 Å². The summed E-state index contributed by atoms with van der Waals surface area (Å²) < 4.78 is 5.22. The average Bonchev–Trinajstić information content (AvgIpc) is 3.35. The van der Waals surface area contributed by atoms with E-state index >= 15 is 0 Å². The first-order valence-electron chi connectivity index (χ1n) is 7.50. The fourth-order valence-electron chi connectivity index (χ4n) is 2.89. The van der Waals surface area contributed by atoms with E-state index in [1.807, 2.05) is 12.1 Å². The van der Waals surface area contributed by atoms with Crippen molar-refractivity contribution in [1.29, 1.82) is 0 Å². The highest BCUT2D eigenvalue weighted by Crippen LogP contribution is 2.32. The number of H-pyrrole nitrogens is 1. The fourth-order valence-corrected chi connectivity index (χ4v) is 2.89. The zero-order valence-electron chi connectivity index (χ0n) is 12.3. The molecule has 1 saturated heterocycles. The number of nitrogens with zero attached hydrogens (tertiary/aromatic N) is 4. The topological polar surface area (TPSA) is 87.9 Å². The molecule has 0 bridgehead atoms. The van der Waals surface area contributed by atoms with E-state index in [-0.39, 0.29) is 11.9 Å². The van der Waals surface area contributed by atoms with Crippen LogP contribution >= 0.6 is 0 Å². The van der Waals surface area contributed by atoms with Crippen molar-refractivity contribution in [2.45, 2.75) is 18.9 Å². The standard InChI is InChI=1S/C16H15N5O2/c22-16(13-4-2-10-23-13)21-9-1-3-12(21)15-18-14(19-20-15)11-5-7-17-8-6-11/h2,4-8,10,12H,1,3,9H2,(H,18,19,20). The van der Waals surface area contributed by atoms with Crippen LogP contribution in [0.3, 0.4) is 0 Å². The zero-order valence-corrected chi connectivity index (χ0v) is 12.3. The molecule has 0 radical (unpaired) electrons. The molecule has 4 heterocycles. The van der Waals surface area contributed by atoms with Crippen LogP contribution in [0, 0.1) is 0 Å². The summed E-state index contributed by atoms with van der Waals surface area (Å²) in [5.74, 6) is 1.55. The lowest BCUT2D eigenvalue weighted by molar-refractivity contribution is 0.0697. The van der Waals surface area contributed by atoms with Crippen LogP contribution < -0.4 is 0 Å². The monoisotopic (exact) mass is 309 g/mol. The maximum Gasteiger partial charge on any atom is 0.290 e. The number of aromatic nitrogens is 4. The quantitative estimate of drug-likeness (QED) is 0.803. The highest BCUT2D eigenvalue weighted by Gasteiger charge is 2.34. The van der Waals surface area contributed by atoms with Crippen LogP contribution in [0.25, 0.3) is 11.4 Å². The van der Waals surface area contributed by atoms with Crippen molar-refractivity contribution in [3.05, 3.63) is 54.5 Å². The number of pyridine rings is 1. The van der Waals surface area contributed by atoms with Crippen molar-refractivity contribution in [2.24, 2.45) is 0 Å². The van der Waals surface area contributed by atoms with Gasteiger partial charge >= 0.3 is 0 Å². The van der Waals surface area contributed by atoms with E-state index in [0.717, 1.165) is 18.4 Å². The second-order valence-corrected chi connectivity index (χ2v) is 5.41. The number of hydrogen-bond donors (Lipinski definition) is 1. The predicted octanol–water partition coefficient (Wildman–Crippen LogP) is 2.44. The Morgan fingerprint density at radius 2 is 2.17 bits per heavy atom. The Hall–Kier alpha value is -2.96. The van der Waals surface area contributed by atoms with Gasteiger partial charge in [-0.05, 0) is 37.1 Å². The second kappa shape index (κ2) is 5.68. The Bertz CT molecular complexity index is 797. The Morgan fingerprint density at radius 3 is 2.96 bits per heavy atom. The van der Waals surface area contributed by atoms with E-state index in [9.17, 15) is 4.79 Å². The smallest absolute Gasteiger partial charge is 0.290 e. The molecule has 1 atom stereocenters. The van der Waals surface area contributed by atoms with Crippen molar-refractivity contribution in [3.63, 3.8) is 0 Å². The number of rotatable bonds is 3. The van der Waals surface area contributed by atoms with Crippen molar-refractivity contribution in [2.75, 3.05) is 6.54 Å². The molecule has 23 heavy (non-hydrogen) atoms. The number of likely N-dealkylation sites (tertiary alicyclic amines) is 1. The number of aromatic amines is 1. The van der Waals surface area contributed by atoms with E-state index in [0.29, 0.717) is 24.0 Å². The molecular formula is C16H15N5O2. The molecule has 1 fully saturated rings. The van der Waals surface area contributed by atoms with Gasteiger partial charge in [-0.2, -0.15) is 5.10 Å². The minimum absolute atomic E-state index is 0.101. The lowest BCUT2D eigenvalue weighted by Crippen LogP contribution is -2.30. The number of amides is 1. The molecule has 7 heteroatoms. The van der Waals surface area contributed by atoms with Crippen LogP contribution in [-0.2, 0) is 0 Å². The minimum atomic E-state index is -0.112. The zero-order chi connectivity index (χ0) is 15.6. The highest BCUT2D eigenvalue weighted by molar-refractivity contribution is 5.91. The number of hydrogen-bond acceptors (Lipinski definition) is 5.